The molecule has 0 aromatic rings. The Labute approximate surface area is 105 Å². The van der Waals surface area contributed by atoms with Crippen LogP contribution in [0.25, 0.3) is 0 Å². The molecule has 2 unspecified atom stereocenters. The molecule has 4 nitrogen and oxygen atoms in total. The molecule has 17 heavy (non-hydrogen) atoms. The first kappa shape index (κ1) is 14.5. The van der Waals surface area contributed by atoms with E-state index in [2.05, 4.69) is 10.2 Å². The van der Waals surface area contributed by atoms with E-state index in [1.807, 2.05) is 34.7 Å². The Hall–Kier alpha value is -0.610. The van der Waals surface area contributed by atoms with Crippen molar-refractivity contribution in [3.8, 4) is 0 Å². The van der Waals surface area contributed by atoms with Gasteiger partial charge in [-0.25, -0.2) is 0 Å². The lowest BCUT2D eigenvalue weighted by Gasteiger charge is -2.33. The minimum atomic E-state index is -0.177. The van der Waals surface area contributed by atoms with Gasteiger partial charge in [-0.05, 0) is 53.5 Å². The van der Waals surface area contributed by atoms with Gasteiger partial charge in [0.2, 0.25) is 5.91 Å². The van der Waals surface area contributed by atoms with Crippen LogP contribution in [0.4, 0.5) is 0 Å². The van der Waals surface area contributed by atoms with Gasteiger partial charge in [-0.3, -0.25) is 9.69 Å². The summed E-state index contributed by atoms with van der Waals surface area (Å²) in [6.07, 6.45) is 2.50. The molecule has 2 atom stereocenters. The van der Waals surface area contributed by atoms with Crippen LogP contribution in [0.5, 0.6) is 0 Å². The zero-order valence-electron chi connectivity index (χ0n) is 11.8. The molecule has 1 amide bonds. The van der Waals surface area contributed by atoms with Gasteiger partial charge >= 0.3 is 0 Å². The Kier molecular flexibility index (Phi) is 4.55. The zero-order chi connectivity index (χ0) is 13.2. The Morgan fingerprint density at radius 1 is 1.47 bits per heavy atom. The molecule has 100 valence electrons. The lowest BCUT2D eigenvalue weighted by Crippen LogP contribution is -2.54. The summed E-state index contributed by atoms with van der Waals surface area (Å²) in [4.78, 5) is 14.2. The van der Waals surface area contributed by atoms with Crippen LogP contribution >= 0.6 is 0 Å². The van der Waals surface area contributed by atoms with Gasteiger partial charge in [-0.2, -0.15) is 0 Å². The molecule has 0 aromatic carbocycles. The molecular weight excluding hydrogens is 214 g/mol. The van der Waals surface area contributed by atoms with Gasteiger partial charge in [0.15, 0.2) is 0 Å². The molecule has 0 saturated heterocycles. The number of nitrogens with one attached hydrogen (secondary N) is 1. The molecule has 1 saturated carbocycles. The first-order chi connectivity index (χ1) is 7.76. The number of rotatable bonds is 5. The van der Waals surface area contributed by atoms with Gasteiger partial charge in [0.25, 0.3) is 0 Å². The molecule has 0 aromatic heterocycles. The van der Waals surface area contributed by atoms with Crippen molar-refractivity contribution < 1.29 is 4.79 Å². The van der Waals surface area contributed by atoms with Crippen LogP contribution in [0.1, 0.15) is 40.5 Å². The maximum atomic E-state index is 12.1. The van der Waals surface area contributed by atoms with E-state index in [1.54, 1.807) is 0 Å². The molecule has 0 spiro atoms. The van der Waals surface area contributed by atoms with Gasteiger partial charge in [-0.15, -0.1) is 0 Å². The number of carbonyl (C=O) groups is 1. The predicted molar refractivity (Wildman–Crippen MR) is 70.7 cm³/mol. The number of nitrogens with zero attached hydrogens (tertiary/aromatic N) is 1. The number of nitrogens with two attached hydrogens (primary N) is 1. The number of hydrogen-bond donors (Lipinski definition) is 2. The van der Waals surface area contributed by atoms with Crippen LogP contribution in [0.2, 0.25) is 0 Å². The van der Waals surface area contributed by atoms with Gasteiger partial charge in [-0.1, -0.05) is 0 Å². The Morgan fingerprint density at radius 3 is 2.35 bits per heavy atom. The normalized spacial score (nSPS) is 20.2. The number of carbonyl (C=O) groups excluding carboxylic acids is 1. The molecular formula is C13H27N3O. The molecule has 1 rings (SSSR count). The third-order valence-electron chi connectivity index (χ3n) is 3.42. The molecule has 0 aliphatic heterocycles. The molecule has 0 heterocycles. The van der Waals surface area contributed by atoms with Crippen molar-refractivity contribution in [2.24, 2.45) is 11.7 Å². The summed E-state index contributed by atoms with van der Waals surface area (Å²) in [6, 6.07) is 0.221. The largest absolute Gasteiger partial charge is 0.350 e. The van der Waals surface area contributed by atoms with Crippen LogP contribution in [-0.2, 0) is 4.79 Å². The van der Waals surface area contributed by atoms with E-state index in [-0.39, 0.29) is 17.5 Å². The number of hydrogen-bond acceptors (Lipinski definition) is 3. The van der Waals surface area contributed by atoms with Crippen molar-refractivity contribution in [3.63, 3.8) is 0 Å². The number of amides is 1. The average molecular weight is 241 g/mol. The first-order valence-corrected chi connectivity index (χ1v) is 6.50. The third-order valence-corrected chi connectivity index (χ3v) is 3.42. The third kappa shape index (κ3) is 4.28. The fourth-order valence-electron chi connectivity index (χ4n) is 2.12. The summed E-state index contributed by atoms with van der Waals surface area (Å²) < 4.78 is 0. The van der Waals surface area contributed by atoms with Crippen molar-refractivity contribution in [2.45, 2.75) is 58.2 Å². The Balaban J connectivity index is 2.55. The lowest BCUT2D eigenvalue weighted by molar-refractivity contribution is -0.127. The van der Waals surface area contributed by atoms with Gasteiger partial charge in [0.1, 0.15) is 0 Å². The molecule has 1 aliphatic rings. The van der Waals surface area contributed by atoms with Crippen LogP contribution in [0.15, 0.2) is 0 Å². The summed E-state index contributed by atoms with van der Waals surface area (Å²) in [5.74, 6) is 0.772. The van der Waals surface area contributed by atoms with E-state index >= 15 is 0 Å². The van der Waals surface area contributed by atoms with Gasteiger partial charge in [0.05, 0.1) is 6.04 Å². The molecule has 0 bridgehead atoms. The standard InChI is InChI=1S/C13H27N3O/c1-9(12(17)15-13(2,3)4)16(5)11(8-14)10-6-7-10/h9-11H,6-8,14H2,1-5H3,(H,15,17). The van der Waals surface area contributed by atoms with Crippen LogP contribution in [0, 0.1) is 5.92 Å². The van der Waals surface area contributed by atoms with E-state index in [4.69, 9.17) is 5.73 Å². The van der Waals surface area contributed by atoms with Crippen molar-refractivity contribution in [1.82, 2.24) is 10.2 Å². The summed E-state index contributed by atoms with van der Waals surface area (Å²) in [5, 5.41) is 3.02. The minimum absolute atomic E-state index is 0.0825. The number of likely N-dealkylation sites (N-methyl/N-ethyl adjacent to an activating group) is 1. The molecule has 0 radical (unpaired) electrons. The minimum Gasteiger partial charge on any atom is -0.350 e. The van der Waals surface area contributed by atoms with E-state index in [0.29, 0.717) is 18.5 Å². The first-order valence-electron chi connectivity index (χ1n) is 6.50. The van der Waals surface area contributed by atoms with Crippen molar-refractivity contribution in [2.75, 3.05) is 13.6 Å². The summed E-state index contributed by atoms with van der Waals surface area (Å²) in [6.45, 7) is 8.58. The quantitative estimate of drug-likeness (QED) is 0.754. The second-order valence-electron chi connectivity index (χ2n) is 6.22. The zero-order valence-corrected chi connectivity index (χ0v) is 11.8. The van der Waals surface area contributed by atoms with Gasteiger partial charge in [0, 0.05) is 18.1 Å². The second kappa shape index (κ2) is 5.36. The van der Waals surface area contributed by atoms with Crippen molar-refractivity contribution >= 4 is 5.91 Å². The topological polar surface area (TPSA) is 58.4 Å². The Bertz CT molecular complexity index is 268. The van der Waals surface area contributed by atoms with Crippen LogP contribution in [0.3, 0.4) is 0 Å². The maximum absolute atomic E-state index is 12.1. The second-order valence-corrected chi connectivity index (χ2v) is 6.22. The highest BCUT2D eigenvalue weighted by Crippen LogP contribution is 2.35. The van der Waals surface area contributed by atoms with E-state index in [1.165, 1.54) is 12.8 Å². The summed E-state index contributed by atoms with van der Waals surface area (Å²) in [5.41, 5.74) is 5.63. The maximum Gasteiger partial charge on any atom is 0.237 e. The summed E-state index contributed by atoms with van der Waals surface area (Å²) in [7, 11) is 2.00. The van der Waals surface area contributed by atoms with Crippen LogP contribution in [-0.4, -0.2) is 42.0 Å². The van der Waals surface area contributed by atoms with E-state index in [0.717, 1.165) is 0 Å². The highest BCUT2D eigenvalue weighted by atomic mass is 16.2. The van der Waals surface area contributed by atoms with Crippen LogP contribution < -0.4 is 11.1 Å². The lowest BCUT2D eigenvalue weighted by atomic mass is 10.1. The fourth-order valence-corrected chi connectivity index (χ4v) is 2.12. The summed E-state index contributed by atoms with van der Waals surface area (Å²) >= 11 is 0. The fraction of sp³-hybridized carbons (Fsp3) is 0.923. The molecule has 1 aliphatic carbocycles. The monoisotopic (exact) mass is 241 g/mol. The van der Waals surface area contributed by atoms with Gasteiger partial charge < -0.3 is 11.1 Å². The molecule has 4 heteroatoms. The highest BCUT2D eigenvalue weighted by Gasteiger charge is 2.36. The van der Waals surface area contributed by atoms with Crippen molar-refractivity contribution in [1.29, 1.82) is 0 Å². The predicted octanol–water partition coefficient (Wildman–Crippen LogP) is 0.959. The van der Waals surface area contributed by atoms with E-state index < -0.39 is 0 Å². The molecule has 3 N–H and O–H groups in total. The average Bonchev–Trinajstić information content (AvgIpc) is 2.99. The smallest absolute Gasteiger partial charge is 0.237 e. The highest BCUT2D eigenvalue weighted by molar-refractivity contribution is 5.81. The SMILES string of the molecule is CC(C(=O)NC(C)(C)C)N(C)C(CN)C1CC1. The van der Waals surface area contributed by atoms with Crippen molar-refractivity contribution in [3.05, 3.63) is 0 Å². The molecule has 1 fully saturated rings. The Morgan fingerprint density at radius 2 is 2.00 bits per heavy atom. The van der Waals surface area contributed by atoms with E-state index in [9.17, 15) is 4.79 Å².